The van der Waals surface area contributed by atoms with Crippen LogP contribution in [0.15, 0.2) is 0 Å². The summed E-state index contributed by atoms with van der Waals surface area (Å²) in [6.07, 6.45) is 33.6. The molecule has 0 N–H and O–H groups in total. The van der Waals surface area contributed by atoms with Gasteiger partial charge < -0.3 is 4.90 Å². The molecule has 2 unspecified atom stereocenters. The first kappa shape index (κ1) is 32.0. The summed E-state index contributed by atoms with van der Waals surface area (Å²) in [4.78, 5) is 2.86. The fourth-order valence-corrected chi connectivity index (χ4v) is 6.35. The number of hydrogen-bond acceptors (Lipinski definition) is 1. The van der Waals surface area contributed by atoms with Crippen molar-refractivity contribution in [3.8, 4) is 0 Å². The van der Waals surface area contributed by atoms with Crippen molar-refractivity contribution < 1.29 is 0 Å². The molecule has 0 spiro atoms. The lowest BCUT2D eigenvalue weighted by atomic mass is 9.86. The van der Waals surface area contributed by atoms with Crippen LogP contribution >= 0.6 is 0 Å². The Morgan fingerprint density at radius 3 is 1.56 bits per heavy atom. The molecule has 0 aromatic heterocycles. The van der Waals surface area contributed by atoms with Crippen molar-refractivity contribution in [2.24, 2.45) is 17.8 Å². The van der Waals surface area contributed by atoms with Gasteiger partial charge in [0.15, 0.2) is 0 Å². The van der Waals surface area contributed by atoms with E-state index in [1.165, 1.54) is 167 Å². The summed E-state index contributed by atoms with van der Waals surface area (Å²) in [6, 6.07) is 0. The summed E-state index contributed by atoms with van der Waals surface area (Å²) in [7, 11) is 0. The maximum Gasteiger partial charge on any atom is 0.000966 e. The monoisotopic (exact) mass is 478 g/mol. The van der Waals surface area contributed by atoms with Gasteiger partial charge in [-0.25, -0.2) is 0 Å². The average Bonchev–Trinajstić information content (AvgIpc) is 2.85. The van der Waals surface area contributed by atoms with Crippen molar-refractivity contribution in [3.05, 3.63) is 0 Å². The van der Waals surface area contributed by atoms with Crippen LogP contribution in [-0.2, 0) is 0 Å². The zero-order valence-electron chi connectivity index (χ0n) is 24.6. The molecule has 0 aromatic carbocycles. The molecule has 1 nitrogen and oxygen atoms in total. The second-order valence-corrected chi connectivity index (χ2v) is 12.1. The zero-order chi connectivity index (χ0) is 24.7. The topological polar surface area (TPSA) is 3.24 Å². The second-order valence-electron chi connectivity index (χ2n) is 12.1. The summed E-state index contributed by atoms with van der Waals surface area (Å²) in [6.45, 7) is 13.6. The van der Waals surface area contributed by atoms with Crippen molar-refractivity contribution in [3.63, 3.8) is 0 Å². The van der Waals surface area contributed by atoms with Crippen LogP contribution in [-0.4, -0.2) is 24.5 Å². The molecule has 0 amide bonds. The van der Waals surface area contributed by atoms with Crippen LogP contribution in [0.1, 0.15) is 175 Å². The van der Waals surface area contributed by atoms with Crippen LogP contribution in [0.2, 0.25) is 0 Å². The molecular formula is C33H67N. The molecule has 1 aliphatic rings. The molecule has 34 heavy (non-hydrogen) atoms. The molecule has 0 saturated carbocycles. The first-order valence-corrected chi connectivity index (χ1v) is 16.5. The minimum Gasteiger partial charge on any atom is -0.303 e. The third-order valence-electron chi connectivity index (χ3n) is 8.81. The van der Waals surface area contributed by atoms with E-state index in [2.05, 4.69) is 32.6 Å². The van der Waals surface area contributed by atoms with E-state index in [0.29, 0.717) is 0 Å². The molecule has 0 bridgehead atoms. The molecule has 1 saturated heterocycles. The van der Waals surface area contributed by atoms with Gasteiger partial charge in [-0.15, -0.1) is 0 Å². The second kappa shape index (κ2) is 23.4. The van der Waals surface area contributed by atoms with Gasteiger partial charge in [0.1, 0.15) is 0 Å². The lowest BCUT2D eigenvalue weighted by molar-refractivity contribution is 0.145. The van der Waals surface area contributed by atoms with Crippen molar-refractivity contribution in [1.29, 1.82) is 0 Å². The number of hydrogen-bond donors (Lipinski definition) is 0. The van der Waals surface area contributed by atoms with E-state index in [9.17, 15) is 0 Å². The quantitative estimate of drug-likeness (QED) is 0.125. The maximum absolute atomic E-state index is 2.86. The molecule has 0 aromatic rings. The van der Waals surface area contributed by atoms with E-state index in [1.54, 1.807) is 0 Å². The highest BCUT2D eigenvalue weighted by atomic mass is 15.1. The maximum atomic E-state index is 2.86. The van der Waals surface area contributed by atoms with Gasteiger partial charge in [-0.2, -0.15) is 0 Å². The standard InChI is InChI=1S/C33H67N/c1-5-9-13-15-18-23-33(22-17-14-10-6-2)30-34-28-26-32(27-29-34)25-19-24-31(20-12-8-4)21-16-11-7-3/h31-33H,5-30H2,1-4H3. The van der Waals surface area contributed by atoms with Crippen molar-refractivity contribution in [2.45, 2.75) is 175 Å². The predicted molar refractivity (Wildman–Crippen MR) is 156 cm³/mol. The number of piperidine rings is 1. The van der Waals surface area contributed by atoms with Crippen LogP contribution in [0.3, 0.4) is 0 Å². The van der Waals surface area contributed by atoms with Gasteiger partial charge in [-0.3, -0.25) is 0 Å². The van der Waals surface area contributed by atoms with Crippen molar-refractivity contribution in [1.82, 2.24) is 4.90 Å². The van der Waals surface area contributed by atoms with E-state index in [1.807, 2.05) is 0 Å². The largest absolute Gasteiger partial charge is 0.303 e. The number of nitrogens with zero attached hydrogens (tertiary/aromatic N) is 1. The lowest BCUT2D eigenvalue weighted by Gasteiger charge is -2.34. The summed E-state index contributed by atoms with van der Waals surface area (Å²) < 4.78 is 0. The number of unbranched alkanes of at least 4 members (excludes halogenated alkanes) is 10. The van der Waals surface area contributed by atoms with Crippen LogP contribution in [0.5, 0.6) is 0 Å². The molecule has 1 rings (SSSR count). The summed E-state index contributed by atoms with van der Waals surface area (Å²) in [5, 5.41) is 0. The zero-order valence-corrected chi connectivity index (χ0v) is 24.6. The van der Waals surface area contributed by atoms with Gasteiger partial charge in [0.25, 0.3) is 0 Å². The molecule has 0 radical (unpaired) electrons. The first-order valence-electron chi connectivity index (χ1n) is 16.5. The van der Waals surface area contributed by atoms with Gasteiger partial charge in [-0.05, 0) is 56.5 Å². The third kappa shape index (κ3) is 17.4. The van der Waals surface area contributed by atoms with Gasteiger partial charge in [-0.1, -0.05) is 150 Å². The van der Waals surface area contributed by atoms with Crippen molar-refractivity contribution >= 4 is 0 Å². The van der Waals surface area contributed by atoms with E-state index < -0.39 is 0 Å². The Kier molecular flexibility index (Phi) is 22.0. The highest BCUT2D eigenvalue weighted by Crippen LogP contribution is 2.28. The highest BCUT2D eigenvalue weighted by Gasteiger charge is 2.22. The predicted octanol–water partition coefficient (Wildman–Crippen LogP) is 11.2. The Balaban J connectivity index is 2.29. The van der Waals surface area contributed by atoms with Gasteiger partial charge in [0, 0.05) is 6.54 Å². The van der Waals surface area contributed by atoms with Crippen molar-refractivity contribution in [2.75, 3.05) is 19.6 Å². The van der Waals surface area contributed by atoms with Crippen LogP contribution in [0.25, 0.3) is 0 Å². The smallest absolute Gasteiger partial charge is 0.000966 e. The Hall–Kier alpha value is -0.0400. The number of likely N-dealkylation sites (tertiary alicyclic amines) is 1. The van der Waals surface area contributed by atoms with E-state index >= 15 is 0 Å². The highest BCUT2D eigenvalue weighted by molar-refractivity contribution is 4.76. The Morgan fingerprint density at radius 2 is 0.941 bits per heavy atom. The van der Waals surface area contributed by atoms with E-state index in [4.69, 9.17) is 0 Å². The summed E-state index contributed by atoms with van der Waals surface area (Å²) in [5.41, 5.74) is 0. The molecule has 204 valence electrons. The molecule has 1 fully saturated rings. The fourth-order valence-electron chi connectivity index (χ4n) is 6.35. The fraction of sp³-hybridized carbons (Fsp3) is 1.00. The molecule has 0 aliphatic carbocycles. The average molecular weight is 478 g/mol. The van der Waals surface area contributed by atoms with Gasteiger partial charge in [0.2, 0.25) is 0 Å². The normalized spacial score (nSPS) is 17.3. The molecule has 1 heterocycles. The van der Waals surface area contributed by atoms with Gasteiger partial charge >= 0.3 is 0 Å². The minimum absolute atomic E-state index is 0.970. The Labute approximate surface area is 217 Å². The summed E-state index contributed by atoms with van der Waals surface area (Å²) >= 11 is 0. The Morgan fingerprint density at radius 1 is 0.500 bits per heavy atom. The Bertz CT molecular complexity index is 397. The summed E-state index contributed by atoms with van der Waals surface area (Å²) in [5.74, 6) is 3.02. The van der Waals surface area contributed by atoms with E-state index in [0.717, 1.165) is 17.8 Å². The van der Waals surface area contributed by atoms with Gasteiger partial charge in [0.05, 0.1) is 0 Å². The lowest BCUT2D eigenvalue weighted by Crippen LogP contribution is -2.37. The SMILES string of the molecule is CCCCCCCC(CCCCCC)CN1CCC(CCCC(CCCC)CCCCC)CC1. The third-order valence-corrected chi connectivity index (χ3v) is 8.81. The van der Waals surface area contributed by atoms with Crippen LogP contribution < -0.4 is 0 Å². The first-order chi connectivity index (χ1) is 16.7. The van der Waals surface area contributed by atoms with E-state index in [-0.39, 0.29) is 0 Å². The van der Waals surface area contributed by atoms with Crippen LogP contribution in [0.4, 0.5) is 0 Å². The molecule has 1 aliphatic heterocycles. The van der Waals surface area contributed by atoms with Crippen LogP contribution in [0, 0.1) is 17.8 Å². The number of rotatable bonds is 24. The molecule has 1 heteroatoms. The molecular weight excluding hydrogens is 410 g/mol. The minimum atomic E-state index is 0.970. The molecule has 2 atom stereocenters.